The summed E-state index contributed by atoms with van der Waals surface area (Å²) in [5, 5.41) is 9.52. The molecular weight excluding hydrogens is 236 g/mol. The van der Waals surface area contributed by atoms with Crippen LogP contribution in [0, 0.1) is 0 Å². The molecule has 0 saturated heterocycles. The number of carboxylic acids is 1. The molecule has 94 valence electrons. The van der Waals surface area contributed by atoms with Gasteiger partial charge in [0, 0.05) is 17.4 Å². The Hall–Kier alpha value is -1.10. The van der Waals surface area contributed by atoms with Crippen LogP contribution in [0.4, 0.5) is 0 Å². The fourth-order valence-corrected chi connectivity index (χ4v) is 2.16. The average Bonchev–Trinajstić information content (AvgIpc) is 2.28. The van der Waals surface area contributed by atoms with Crippen LogP contribution in [-0.2, 0) is 0 Å². The summed E-state index contributed by atoms with van der Waals surface area (Å²) in [5.74, 6) is -0.272. The lowest BCUT2D eigenvalue weighted by Crippen LogP contribution is -2.09. The fraction of sp³-hybridized carbons (Fsp3) is 0.583. The molecule has 0 aliphatic heterocycles. The van der Waals surface area contributed by atoms with E-state index in [0.29, 0.717) is 16.0 Å². The van der Waals surface area contributed by atoms with E-state index in [4.69, 9.17) is 5.11 Å². The van der Waals surface area contributed by atoms with Gasteiger partial charge < -0.3 is 5.11 Å². The molecule has 0 spiro atoms. The Morgan fingerprint density at radius 2 is 2.12 bits per heavy atom. The third kappa shape index (κ3) is 3.70. The van der Waals surface area contributed by atoms with Crippen LogP contribution < -0.4 is 0 Å². The van der Waals surface area contributed by atoms with Gasteiger partial charge in [-0.2, -0.15) is 0 Å². The third-order valence-corrected chi connectivity index (χ3v) is 3.68. The Morgan fingerprint density at radius 3 is 2.59 bits per heavy atom. The van der Waals surface area contributed by atoms with Gasteiger partial charge in [-0.1, -0.05) is 27.7 Å². The highest BCUT2D eigenvalue weighted by atomic mass is 32.2. The number of thioether (sulfide) groups is 1. The van der Waals surface area contributed by atoms with E-state index < -0.39 is 5.97 Å². The van der Waals surface area contributed by atoms with E-state index in [0.717, 1.165) is 6.42 Å². The van der Waals surface area contributed by atoms with Crippen LogP contribution in [0.25, 0.3) is 0 Å². The van der Waals surface area contributed by atoms with Crippen LogP contribution in [0.1, 0.15) is 56.3 Å². The van der Waals surface area contributed by atoms with Gasteiger partial charge in [0.1, 0.15) is 5.82 Å². The summed E-state index contributed by atoms with van der Waals surface area (Å²) >= 11 is 1.51. The van der Waals surface area contributed by atoms with E-state index in [-0.39, 0.29) is 11.6 Å². The number of rotatable bonds is 5. The van der Waals surface area contributed by atoms with Crippen LogP contribution in [0.3, 0.4) is 0 Å². The molecule has 1 aromatic heterocycles. The van der Waals surface area contributed by atoms with Gasteiger partial charge in [-0.25, -0.2) is 14.8 Å². The molecule has 1 unspecified atom stereocenters. The van der Waals surface area contributed by atoms with Gasteiger partial charge in [0.25, 0.3) is 0 Å². The quantitative estimate of drug-likeness (QED) is 0.817. The molecule has 0 saturated carbocycles. The van der Waals surface area contributed by atoms with Gasteiger partial charge in [-0.3, -0.25) is 0 Å². The summed E-state index contributed by atoms with van der Waals surface area (Å²) in [6.07, 6.45) is 2.61. The molecule has 1 rings (SSSR count). The van der Waals surface area contributed by atoms with Crippen molar-refractivity contribution >= 4 is 17.7 Å². The molecule has 1 atom stereocenters. The van der Waals surface area contributed by atoms with Crippen molar-refractivity contribution in [2.45, 2.75) is 50.2 Å². The van der Waals surface area contributed by atoms with Gasteiger partial charge in [0.05, 0.1) is 4.90 Å². The molecule has 4 nitrogen and oxygen atoms in total. The summed E-state index contributed by atoms with van der Waals surface area (Å²) in [4.78, 5) is 20.2. The number of aromatic nitrogens is 2. The first-order chi connectivity index (χ1) is 7.95. The van der Waals surface area contributed by atoms with E-state index in [1.165, 1.54) is 11.8 Å². The molecule has 1 aromatic rings. The molecular formula is C12H18N2O2S. The van der Waals surface area contributed by atoms with Crippen molar-refractivity contribution in [2.75, 3.05) is 0 Å². The average molecular weight is 254 g/mol. The van der Waals surface area contributed by atoms with Crippen LogP contribution in [0.5, 0.6) is 0 Å². The Labute approximate surface area is 106 Å². The van der Waals surface area contributed by atoms with Gasteiger partial charge in [-0.05, 0) is 6.42 Å². The van der Waals surface area contributed by atoms with E-state index >= 15 is 0 Å². The van der Waals surface area contributed by atoms with Crippen LogP contribution >= 0.6 is 11.8 Å². The summed E-state index contributed by atoms with van der Waals surface area (Å²) < 4.78 is 0. The van der Waals surface area contributed by atoms with Crippen molar-refractivity contribution < 1.29 is 9.90 Å². The first-order valence-electron chi connectivity index (χ1n) is 5.72. The minimum absolute atomic E-state index is 0.119. The second-order valence-electron chi connectivity index (χ2n) is 4.24. The Morgan fingerprint density at radius 1 is 1.47 bits per heavy atom. The molecule has 17 heavy (non-hydrogen) atoms. The smallest absolute Gasteiger partial charge is 0.355 e. The standard InChI is InChI=1S/C12H18N2O2S/c1-5-8(4)17-9-6-13-11(7(2)3)14-10(9)12(15)16/h6-8H,5H2,1-4H3,(H,15,16). The monoisotopic (exact) mass is 254 g/mol. The van der Waals surface area contributed by atoms with E-state index in [1.807, 2.05) is 13.8 Å². The van der Waals surface area contributed by atoms with Crippen molar-refractivity contribution in [3.63, 3.8) is 0 Å². The Kier molecular flexibility index (Phi) is 4.93. The first kappa shape index (κ1) is 14.0. The SMILES string of the molecule is CCC(C)Sc1cnc(C(C)C)nc1C(=O)O. The summed E-state index contributed by atoms with van der Waals surface area (Å²) in [5.41, 5.74) is 0.119. The van der Waals surface area contributed by atoms with Crippen molar-refractivity contribution in [1.29, 1.82) is 0 Å². The van der Waals surface area contributed by atoms with Crippen LogP contribution in [0.2, 0.25) is 0 Å². The van der Waals surface area contributed by atoms with E-state index in [9.17, 15) is 4.79 Å². The zero-order valence-corrected chi connectivity index (χ0v) is 11.4. The number of hydrogen-bond acceptors (Lipinski definition) is 4. The zero-order valence-electron chi connectivity index (χ0n) is 10.6. The normalized spacial score (nSPS) is 12.8. The second-order valence-corrected chi connectivity index (χ2v) is 5.72. The fourth-order valence-electron chi connectivity index (χ4n) is 1.20. The van der Waals surface area contributed by atoms with Crippen LogP contribution in [0.15, 0.2) is 11.1 Å². The van der Waals surface area contributed by atoms with Crippen molar-refractivity contribution in [3.05, 3.63) is 17.7 Å². The number of aromatic carboxylic acids is 1. The maximum absolute atomic E-state index is 11.2. The lowest BCUT2D eigenvalue weighted by atomic mass is 10.2. The molecule has 0 fully saturated rings. The van der Waals surface area contributed by atoms with Gasteiger partial charge in [0.15, 0.2) is 5.69 Å². The molecule has 0 aliphatic rings. The van der Waals surface area contributed by atoms with E-state index in [1.54, 1.807) is 6.20 Å². The number of hydrogen-bond donors (Lipinski definition) is 1. The molecule has 1 N–H and O–H groups in total. The van der Waals surface area contributed by atoms with Crippen molar-refractivity contribution in [3.8, 4) is 0 Å². The van der Waals surface area contributed by atoms with E-state index in [2.05, 4.69) is 23.8 Å². The summed E-state index contributed by atoms with van der Waals surface area (Å²) in [6.45, 7) is 8.03. The Bertz CT molecular complexity index is 407. The molecule has 1 heterocycles. The van der Waals surface area contributed by atoms with Gasteiger partial charge in [0.2, 0.25) is 0 Å². The number of carboxylic acid groups (broad SMARTS) is 1. The molecule has 0 aromatic carbocycles. The van der Waals surface area contributed by atoms with Crippen molar-refractivity contribution in [1.82, 2.24) is 9.97 Å². The van der Waals surface area contributed by atoms with Crippen molar-refractivity contribution in [2.24, 2.45) is 0 Å². The number of nitrogens with zero attached hydrogens (tertiary/aromatic N) is 2. The molecule has 0 aliphatic carbocycles. The molecule has 5 heteroatoms. The van der Waals surface area contributed by atoms with Gasteiger partial charge in [-0.15, -0.1) is 11.8 Å². The molecule has 0 amide bonds. The predicted octanol–water partition coefficient (Wildman–Crippen LogP) is 3.19. The molecule has 0 radical (unpaired) electrons. The predicted molar refractivity (Wildman–Crippen MR) is 68.7 cm³/mol. The summed E-state index contributed by atoms with van der Waals surface area (Å²) in [7, 11) is 0. The zero-order chi connectivity index (χ0) is 13.0. The lowest BCUT2D eigenvalue weighted by molar-refractivity contribution is 0.0685. The summed E-state index contributed by atoms with van der Waals surface area (Å²) in [6, 6.07) is 0. The first-order valence-corrected chi connectivity index (χ1v) is 6.60. The third-order valence-electron chi connectivity index (χ3n) is 2.40. The van der Waals surface area contributed by atoms with Gasteiger partial charge >= 0.3 is 5.97 Å². The highest BCUT2D eigenvalue weighted by Gasteiger charge is 2.17. The molecule has 0 bridgehead atoms. The number of carbonyl (C=O) groups is 1. The minimum atomic E-state index is -0.986. The lowest BCUT2D eigenvalue weighted by Gasteiger charge is -2.11. The highest BCUT2D eigenvalue weighted by Crippen LogP contribution is 2.27. The minimum Gasteiger partial charge on any atom is -0.476 e. The largest absolute Gasteiger partial charge is 0.476 e. The maximum atomic E-state index is 11.2. The Balaban J connectivity index is 3.09. The topological polar surface area (TPSA) is 63.1 Å². The second kappa shape index (κ2) is 6.00. The van der Waals surface area contributed by atoms with Crippen LogP contribution in [-0.4, -0.2) is 26.3 Å². The maximum Gasteiger partial charge on any atom is 0.355 e. The highest BCUT2D eigenvalue weighted by molar-refractivity contribution is 8.00.